The molecule has 1 aromatic rings. The molecule has 1 atom stereocenters. The van der Waals surface area contributed by atoms with Gasteiger partial charge in [-0.2, -0.15) is 0 Å². The van der Waals surface area contributed by atoms with E-state index in [1.165, 1.54) is 6.42 Å². The molecule has 2 rings (SSSR count). The van der Waals surface area contributed by atoms with Gasteiger partial charge in [0.25, 0.3) is 0 Å². The van der Waals surface area contributed by atoms with Crippen LogP contribution >= 0.6 is 15.9 Å². The molecule has 0 saturated carbocycles. The highest BCUT2D eigenvalue weighted by atomic mass is 79.9. The maximum Gasteiger partial charge on any atom is 0.199 e. The quantitative estimate of drug-likeness (QED) is 0.803. The smallest absolute Gasteiger partial charge is 0.199 e. The van der Waals surface area contributed by atoms with E-state index in [-0.39, 0.29) is 6.29 Å². The Balaban J connectivity index is 0.000000606. The van der Waals surface area contributed by atoms with Gasteiger partial charge in [0.05, 0.1) is 6.61 Å². The molecule has 0 amide bonds. The Morgan fingerprint density at radius 3 is 2.44 bits per heavy atom. The second kappa shape index (κ2) is 7.69. The topological polar surface area (TPSA) is 18.5 Å². The Morgan fingerprint density at radius 2 is 1.88 bits per heavy atom. The number of halogens is 1. The van der Waals surface area contributed by atoms with Crippen molar-refractivity contribution >= 4 is 15.9 Å². The summed E-state index contributed by atoms with van der Waals surface area (Å²) < 4.78 is 12.2. The Labute approximate surface area is 106 Å². The Morgan fingerprint density at radius 1 is 1.19 bits per heavy atom. The van der Waals surface area contributed by atoms with E-state index in [2.05, 4.69) is 15.9 Å². The summed E-state index contributed by atoms with van der Waals surface area (Å²) in [5.41, 5.74) is 0. The van der Waals surface area contributed by atoms with E-state index in [9.17, 15) is 0 Å². The molecule has 3 heteroatoms. The molecule has 0 aliphatic carbocycles. The fourth-order valence-electron chi connectivity index (χ4n) is 1.47. The van der Waals surface area contributed by atoms with Gasteiger partial charge >= 0.3 is 0 Å². The molecule has 1 aliphatic heterocycles. The third-order valence-electron chi connectivity index (χ3n) is 2.22. The fourth-order valence-corrected chi connectivity index (χ4v) is 1.73. The van der Waals surface area contributed by atoms with Crippen LogP contribution in [0.2, 0.25) is 0 Å². The standard InChI is InChI=1S/C11H13BrO2.C2H6/c12-9-4-6-10(7-5-9)14-11-3-1-2-8-13-11;1-2/h4-7,11H,1-3,8H2;1-2H3. The number of ether oxygens (including phenoxy) is 2. The lowest BCUT2D eigenvalue weighted by atomic mass is 10.2. The minimum atomic E-state index is -0.0510. The first-order chi connectivity index (χ1) is 7.84. The molecule has 1 fully saturated rings. The van der Waals surface area contributed by atoms with E-state index in [1.54, 1.807) is 0 Å². The molecular weight excluding hydrogens is 268 g/mol. The minimum absolute atomic E-state index is 0.0510. The van der Waals surface area contributed by atoms with Crippen LogP contribution in [0.15, 0.2) is 28.7 Å². The Bertz CT molecular complexity index is 278. The number of rotatable bonds is 2. The molecule has 1 unspecified atom stereocenters. The third-order valence-corrected chi connectivity index (χ3v) is 2.75. The molecule has 0 radical (unpaired) electrons. The van der Waals surface area contributed by atoms with Crippen molar-refractivity contribution in [1.29, 1.82) is 0 Å². The summed E-state index contributed by atoms with van der Waals surface area (Å²) in [4.78, 5) is 0. The van der Waals surface area contributed by atoms with E-state index in [1.807, 2.05) is 38.1 Å². The zero-order valence-corrected chi connectivity index (χ0v) is 11.5. The molecule has 2 nitrogen and oxygen atoms in total. The van der Waals surface area contributed by atoms with Gasteiger partial charge in [-0.1, -0.05) is 29.8 Å². The first-order valence-corrected chi connectivity index (χ1v) is 6.68. The van der Waals surface area contributed by atoms with Crippen LogP contribution in [0, 0.1) is 0 Å². The van der Waals surface area contributed by atoms with Crippen molar-refractivity contribution in [2.75, 3.05) is 6.61 Å². The SMILES string of the molecule is Brc1ccc(OC2CCCCO2)cc1.CC. The predicted octanol–water partition coefficient (Wildman–Crippen LogP) is 4.38. The molecule has 1 aromatic carbocycles. The van der Waals surface area contributed by atoms with Crippen LogP contribution in [0.3, 0.4) is 0 Å². The molecule has 16 heavy (non-hydrogen) atoms. The van der Waals surface area contributed by atoms with E-state index < -0.39 is 0 Å². The van der Waals surface area contributed by atoms with Gasteiger partial charge in [0, 0.05) is 10.9 Å². The Hall–Kier alpha value is -0.540. The highest BCUT2D eigenvalue weighted by molar-refractivity contribution is 9.10. The monoisotopic (exact) mass is 286 g/mol. The lowest BCUT2D eigenvalue weighted by molar-refractivity contribution is -0.105. The van der Waals surface area contributed by atoms with Crippen molar-refractivity contribution in [2.45, 2.75) is 39.4 Å². The molecular formula is C13H19BrO2. The fraction of sp³-hybridized carbons (Fsp3) is 0.538. The summed E-state index contributed by atoms with van der Waals surface area (Å²) >= 11 is 3.38. The van der Waals surface area contributed by atoms with Crippen LogP contribution < -0.4 is 4.74 Å². The number of benzene rings is 1. The van der Waals surface area contributed by atoms with Crippen molar-refractivity contribution in [1.82, 2.24) is 0 Å². The number of hydrogen-bond acceptors (Lipinski definition) is 2. The van der Waals surface area contributed by atoms with Crippen molar-refractivity contribution in [3.63, 3.8) is 0 Å². The van der Waals surface area contributed by atoms with Gasteiger partial charge in [-0.15, -0.1) is 0 Å². The van der Waals surface area contributed by atoms with Gasteiger partial charge in [0.15, 0.2) is 6.29 Å². The normalized spacial score (nSPS) is 19.6. The summed E-state index contributed by atoms with van der Waals surface area (Å²) in [6.07, 6.45) is 3.29. The van der Waals surface area contributed by atoms with Gasteiger partial charge in [0.2, 0.25) is 0 Å². The molecule has 1 aliphatic rings. The van der Waals surface area contributed by atoms with Crippen molar-refractivity contribution in [3.05, 3.63) is 28.7 Å². The maximum absolute atomic E-state index is 5.67. The highest BCUT2D eigenvalue weighted by Gasteiger charge is 2.14. The lowest BCUT2D eigenvalue weighted by Crippen LogP contribution is -2.24. The van der Waals surface area contributed by atoms with Gasteiger partial charge in [0.1, 0.15) is 5.75 Å². The van der Waals surface area contributed by atoms with Crippen LogP contribution in [0.1, 0.15) is 33.1 Å². The van der Waals surface area contributed by atoms with Gasteiger partial charge < -0.3 is 9.47 Å². The van der Waals surface area contributed by atoms with Crippen LogP contribution in [0.25, 0.3) is 0 Å². The first-order valence-electron chi connectivity index (χ1n) is 5.88. The van der Waals surface area contributed by atoms with Crippen molar-refractivity contribution in [3.8, 4) is 5.75 Å². The van der Waals surface area contributed by atoms with E-state index >= 15 is 0 Å². The van der Waals surface area contributed by atoms with E-state index in [4.69, 9.17) is 9.47 Å². The second-order valence-electron chi connectivity index (χ2n) is 3.37. The molecule has 90 valence electrons. The van der Waals surface area contributed by atoms with Crippen LogP contribution in [0.5, 0.6) is 5.75 Å². The average molecular weight is 287 g/mol. The largest absolute Gasteiger partial charge is 0.465 e. The van der Waals surface area contributed by atoms with Gasteiger partial charge in [-0.05, 0) is 37.1 Å². The number of hydrogen-bond donors (Lipinski definition) is 0. The van der Waals surface area contributed by atoms with Crippen molar-refractivity contribution < 1.29 is 9.47 Å². The Kier molecular flexibility index (Phi) is 6.50. The molecule has 0 aromatic heterocycles. The summed E-state index contributed by atoms with van der Waals surface area (Å²) in [7, 11) is 0. The molecule has 0 spiro atoms. The highest BCUT2D eigenvalue weighted by Crippen LogP contribution is 2.21. The van der Waals surface area contributed by atoms with E-state index in [0.717, 1.165) is 29.7 Å². The average Bonchev–Trinajstić information content (AvgIpc) is 2.36. The van der Waals surface area contributed by atoms with Crippen molar-refractivity contribution in [2.24, 2.45) is 0 Å². The van der Waals surface area contributed by atoms with Crippen LogP contribution in [-0.4, -0.2) is 12.9 Å². The van der Waals surface area contributed by atoms with Gasteiger partial charge in [-0.25, -0.2) is 0 Å². The molecule has 0 bridgehead atoms. The summed E-state index contributed by atoms with van der Waals surface area (Å²) in [5, 5.41) is 0. The summed E-state index contributed by atoms with van der Waals surface area (Å²) in [5.74, 6) is 0.875. The van der Waals surface area contributed by atoms with Crippen LogP contribution in [-0.2, 0) is 4.74 Å². The maximum atomic E-state index is 5.67. The zero-order valence-electron chi connectivity index (χ0n) is 9.91. The second-order valence-corrected chi connectivity index (χ2v) is 4.28. The zero-order chi connectivity index (χ0) is 11.8. The van der Waals surface area contributed by atoms with Gasteiger partial charge in [-0.3, -0.25) is 0 Å². The minimum Gasteiger partial charge on any atom is -0.465 e. The molecule has 1 heterocycles. The summed E-state index contributed by atoms with van der Waals surface area (Å²) in [6, 6.07) is 7.83. The lowest BCUT2D eigenvalue weighted by Gasteiger charge is -2.23. The molecule has 0 N–H and O–H groups in total. The predicted molar refractivity (Wildman–Crippen MR) is 69.7 cm³/mol. The summed E-state index contributed by atoms with van der Waals surface area (Å²) in [6.45, 7) is 4.82. The third kappa shape index (κ3) is 4.54. The molecule has 1 saturated heterocycles. The first kappa shape index (κ1) is 13.5. The van der Waals surface area contributed by atoms with Crippen LogP contribution in [0.4, 0.5) is 0 Å². The van der Waals surface area contributed by atoms with E-state index in [0.29, 0.717) is 0 Å².